The number of nitrogens with two attached hydrogens (primary N) is 1. The molecular formula is C18H21F3N6. The molecule has 144 valence electrons. The molecule has 27 heavy (non-hydrogen) atoms. The van der Waals surface area contributed by atoms with Gasteiger partial charge in [0.2, 0.25) is 0 Å². The van der Waals surface area contributed by atoms with Gasteiger partial charge in [-0.05, 0) is 6.42 Å². The van der Waals surface area contributed by atoms with Crippen LogP contribution in [-0.4, -0.2) is 52.9 Å². The first-order valence-electron chi connectivity index (χ1n) is 8.59. The van der Waals surface area contributed by atoms with Gasteiger partial charge in [0, 0.05) is 24.8 Å². The summed E-state index contributed by atoms with van der Waals surface area (Å²) in [5, 5.41) is 6.44. The van der Waals surface area contributed by atoms with Gasteiger partial charge < -0.3 is 11.2 Å². The topological polar surface area (TPSA) is 79.4 Å². The van der Waals surface area contributed by atoms with Crippen molar-refractivity contribution >= 4 is 12.0 Å². The number of alkyl halides is 3. The first-order valence-corrected chi connectivity index (χ1v) is 8.59. The number of anilines is 1. The van der Waals surface area contributed by atoms with Gasteiger partial charge in [-0.2, -0.15) is 13.9 Å². The highest BCUT2D eigenvalue weighted by atomic mass is 19.3. The molecule has 1 saturated heterocycles. The van der Waals surface area contributed by atoms with Crippen LogP contribution in [0.4, 0.5) is 19.0 Å². The molecule has 1 aliphatic heterocycles. The van der Waals surface area contributed by atoms with Crippen molar-refractivity contribution in [3.05, 3.63) is 54.0 Å². The van der Waals surface area contributed by atoms with Crippen LogP contribution in [0.3, 0.4) is 0 Å². The van der Waals surface area contributed by atoms with Crippen LogP contribution in [0.2, 0.25) is 0 Å². The Morgan fingerprint density at radius 1 is 1.33 bits per heavy atom. The van der Waals surface area contributed by atoms with Crippen LogP contribution in [0.1, 0.15) is 17.5 Å². The molecule has 0 radical (unpaired) electrons. The summed E-state index contributed by atoms with van der Waals surface area (Å²) in [4.78, 5) is 9.41. The van der Waals surface area contributed by atoms with E-state index in [1.807, 2.05) is 0 Å². The number of nitrogens with zero attached hydrogens (tertiary/aromatic N) is 4. The first-order chi connectivity index (χ1) is 13.0. The number of rotatable bonds is 6. The highest BCUT2D eigenvalue weighted by Crippen LogP contribution is 2.30. The van der Waals surface area contributed by atoms with Crippen molar-refractivity contribution in [1.29, 1.82) is 0 Å². The Morgan fingerprint density at radius 3 is 2.81 bits per heavy atom. The standard InChI is InChI=1S/C18H21F3N6/c19-15-10-27(11-18(20,21)14-4-2-1-3-5-14)7-6-16(15)26-17-13(9-25-22)8-23-12-24-17/h1-5,8-9,12,15-16H,6-7,10-11,22H2,(H,23,24,26)/b25-9-. The summed E-state index contributed by atoms with van der Waals surface area (Å²) in [7, 11) is 0. The minimum atomic E-state index is -3.03. The predicted molar refractivity (Wildman–Crippen MR) is 97.5 cm³/mol. The van der Waals surface area contributed by atoms with E-state index in [4.69, 9.17) is 5.84 Å². The first kappa shape index (κ1) is 19.1. The van der Waals surface area contributed by atoms with Crippen molar-refractivity contribution in [2.75, 3.05) is 25.0 Å². The maximum atomic E-state index is 14.6. The van der Waals surface area contributed by atoms with Crippen LogP contribution in [0.25, 0.3) is 0 Å². The molecule has 9 heteroatoms. The minimum Gasteiger partial charge on any atom is -0.364 e. The molecule has 0 bridgehead atoms. The molecule has 0 spiro atoms. The average Bonchev–Trinajstić information content (AvgIpc) is 2.66. The molecule has 1 aromatic carbocycles. The van der Waals surface area contributed by atoms with E-state index in [1.54, 1.807) is 18.2 Å². The molecule has 0 aliphatic carbocycles. The Bertz CT molecular complexity index is 771. The number of hydrazone groups is 1. The molecule has 1 aromatic heterocycles. The summed E-state index contributed by atoms with van der Waals surface area (Å²) in [6, 6.07) is 7.06. The van der Waals surface area contributed by atoms with Gasteiger partial charge in [0.1, 0.15) is 18.3 Å². The van der Waals surface area contributed by atoms with E-state index in [9.17, 15) is 13.2 Å². The third kappa shape index (κ3) is 4.73. The number of piperidine rings is 1. The average molecular weight is 378 g/mol. The minimum absolute atomic E-state index is 0.0626. The van der Waals surface area contributed by atoms with Crippen LogP contribution >= 0.6 is 0 Å². The van der Waals surface area contributed by atoms with Gasteiger partial charge in [0.05, 0.1) is 24.4 Å². The van der Waals surface area contributed by atoms with Gasteiger partial charge in [0.25, 0.3) is 5.92 Å². The van der Waals surface area contributed by atoms with Crippen LogP contribution in [0, 0.1) is 0 Å². The molecule has 0 amide bonds. The zero-order valence-corrected chi connectivity index (χ0v) is 14.6. The van der Waals surface area contributed by atoms with Crippen LogP contribution < -0.4 is 11.2 Å². The third-order valence-electron chi connectivity index (χ3n) is 4.52. The van der Waals surface area contributed by atoms with Crippen LogP contribution in [0.15, 0.2) is 48.0 Å². The fraction of sp³-hybridized carbons (Fsp3) is 0.389. The highest BCUT2D eigenvalue weighted by Gasteiger charge is 2.38. The van der Waals surface area contributed by atoms with E-state index in [0.717, 1.165) is 0 Å². The normalized spacial score (nSPS) is 21.4. The number of nitrogens with one attached hydrogen (secondary N) is 1. The van der Waals surface area contributed by atoms with Crippen molar-refractivity contribution in [2.24, 2.45) is 10.9 Å². The summed E-state index contributed by atoms with van der Waals surface area (Å²) in [6.07, 6.45) is 3.26. The van der Waals surface area contributed by atoms with Crippen LogP contribution in [0.5, 0.6) is 0 Å². The Morgan fingerprint density at radius 2 is 2.11 bits per heavy atom. The van der Waals surface area contributed by atoms with Crippen molar-refractivity contribution in [1.82, 2.24) is 14.9 Å². The second kappa shape index (κ2) is 8.34. The Hall–Kier alpha value is -2.68. The van der Waals surface area contributed by atoms with E-state index >= 15 is 0 Å². The summed E-state index contributed by atoms with van der Waals surface area (Å²) in [5.74, 6) is 2.53. The number of hydrogen-bond acceptors (Lipinski definition) is 6. The second-order valence-corrected chi connectivity index (χ2v) is 6.47. The second-order valence-electron chi connectivity index (χ2n) is 6.47. The Kier molecular flexibility index (Phi) is 5.90. The number of benzene rings is 1. The van der Waals surface area contributed by atoms with Gasteiger partial charge in [-0.1, -0.05) is 30.3 Å². The Labute approximate surface area is 155 Å². The van der Waals surface area contributed by atoms with Crippen molar-refractivity contribution in [2.45, 2.75) is 24.6 Å². The molecule has 3 rings (SSSR count). The molecule has 6 nitrogen and oxygen atoms in total. The van der Waals surface area contributed by atoms with E-state index < -0.39 is 24.7 Å². The molecule has 2 atom stereocenters. The summed E-state index contributed by atoms with van der Waals surface area (Å²) < 4.78 is 43.5. The fourth-order valence-electron chi connectivity index (χ4n) is 3.14. The summed E-state index contributed by atoms with van der Waals surface area (Å²) >= 11 is 0. The smallest absolute Gasteiger partial charge is 0.285 e. The summed E-state index contributed by atoms with van der Waals surface area (Å²) in [6.45, 7) is -0.236. The maximum Gasteiger partial charge on any atom is 0.285 e. The quantitative estimate of drug-likeness (QED) is 0.458. The lowest BCUT2D eigenvalue weighted by Gasteiger charge is -2.37. The largest absolute Gasteiger partial charge is 0.364 e. The fourth-order valence-corrected chi connectivity index (χ4v) is 3.14. The lowest BCUT2D eigenvalue weighted by atomic mass is 10.0. The Balaban J connectivity index is 1.61. The van der Waals surface area contributed by atoms with E-state index in [2.05, 4.69) is 20.4 Å². The monoisotopic (exact) mass is 378 g/mol. The van der Waals surface area contributed by atoms with Gasteiger partial charge in [-0.15, -0.1) is 0 Å². The van der Waals surface area contributed by atoms with Crippen molar-refractivity contribution < 1.29 is 13.2 Å². The number of aromatic nitrogens is 2. The van der Waals surface area contributed by atoms with E-state index in [0.29, 0.717) is 24.3 Å². The maximum absolute atomic E-state index is 14.6. The zero-order valence-electron chi connectivity index (χ0n) is 14.6. The molecule has 2 unspecified atom stereocenters. The highest BCUT2D eigenvalue weighted by molar-refractivity contribution is 5.85. The lowest BCUT2D eigenvalue weighted by Crippen LogP contribution is -2.50. The molecule has 0 saturated carbocycles. The number of likely N-dealkylation sites (tertiary alicyclic amines) is 1. The summed E-state index contributed by atoms with van der Waals surface area (Å²) in [5.41, 5.74) is 0.470. The lowest BCUT2D eigenvalue weighted by molar-refractivity contribution is -0.0491. The SMILES string of the molecule is N/N=C\c1cncnc1NC1CCN(CC(F)(F)c2ccccc2)CC1F. The van der Waals surface area contributed by atoms with Crippen molar-refractivity contribution in [3.63, 3.8) is 0 Å². The van der Waals surface area contributed by atoms with Gasteiger partial charge >= 0.3 is 0 Å². The molecular weight excluding hydrogens is 357 g/mol. The molecule has 1 aliphatic rings. The van der Waals surface area contributed by atoms with E-state index in [-0.39, 0.29) is 12.1 Å². The molecule has 2 heterocycles. The predicted octanol–water partition coefficient (Wildman–Crippen LogP) is 2.39. The van der Waals surface area contributed by atoms with Gasteiger partial charge in [-0.25, -0.2) is 14.4 Å². The number of halogens is 3. The van der Waals surface area contributed by atoms with Crippen molar-refractivity contribution in [3.8, 4) is 0 Å². The third-order valence-corrected chi connectivity index (χ3v) is 4.52. The van der Waals surface area contributed by atoms with Gasteiger partial charge in [0.15, 0.2) is 0 Å². The molecule has 3 N–H and O–H groups in total. The van der Waals surface area contributed by atoms with E-state index in [1.165, 1.54) is 35.8 Å². The van der Waals surface area contributed by atoms with Gasteiger partial charge in [-0.3, -0.25) is 4.90 Å². The molecule has 2 aromatic rings. The zero-order chi connectivity index (χ0) is 19.3. The van der Waals surface area contributed by atoms with Crippen LogP contribution in [-0.2, 0) is 5.92 Å². The molecule has 1 fully saturated rings. The number of hydrogen-bond donors (Lipinski definition) is 2.